The third kappa shape index (κ3) is 2.31. The fourth-order valence-corrected chi connectivity index (χ4v) is 1.48. The summed E-state index contributed by atoms with van der Waals surface area (Å²) in [5.41, 5.74) is 6.12. The number of nitrogens with zero attached hydrogens (tertiary/aromatic N) is 5. The maximum absolute atomic E-state index is 11.5. The summed E-state index contributed by atoms with van der Waals surface area (Å²) in [6.07, 6.45) is 3.02. The Hall–Kier alpha value is -2.38. The van der Waals surface area contributed by atoms with Gasteiger partial charge in [-0.1, -0.05) is 0 Å². The number of hydrogen-bond donors (Lipinski definition) is 1. The normalized spacial score (nSPS) is 10.6. The lowest BCUT2D eigenvalue weighted by molar-refractivity contribution is 0.0519. The summed E-state index contributed by atoms with van der Waals surface area (Å²) < 4.78 is 8.01. The van der Waals surface area contributed by atoms with Crippen LogP contribution in [0.4, 0.5) is 5.69 Å². The number of carbonyl (C=O) groups is 1. The minimum atomic E-state index is -0.522. The monoisotopic (exact) mass is 250 g/mol. The van der Waals surface area contributed by atoms with E-state index in [1.807, 2.05) is 0 Å². The number of nitrogen functional groups attached to an aromatic ring is 1. The molecule has 2 N–H and O–H groups in total. The fourth-order valence-electron chi connectivity index (χ4n) is 1.48. The third-order valence-corrected chi connectivity index (χ3v) is 2.37. The smallest absolute Gasteiger partial charge is 0.361 e. The summed E-state index contributed by atoms with van der Waals surface area (Å²) in [7, 11) is 1.78. The van der Waals surface area contributed by atoms with E-state index >= 15 is 0 Å². The van der Waals surface area contributed by atoms with Crippen molar-refractivity contribution in [2.75, 3.05) is 12.3 Å². The van der Waals surface area contributed by atoms with Crippen LogP contribution in [-0.2, 0) is 18.3 Å². The molecule has 2 rings (SSSR count). The number of rotatable bonds is 4. The summed E-state index contributed by atoms with van der Waals surface area (Å²) >= 11 is 0. The maximum Gasteiger partial charge on any atom is 0.361 e. The molecule has 96 valence electrons. The quantitative estimate of drug-likeness (QED) is 0.755. The van der Waals surface area contributed by atoms with Crippen molar-refractivity contribution < 1.29 is 9.53 Å². The molecule has 0 saturated heterocycles. The lowest BCUT2D eigenvalue weighted by atomic mass is 10.4. The molecule has 0 aliphatic carbocycles. The molecule has 0 spiro atoms. The van der Waals surface area contributed by atoms with Gasteiger partial charge in [0.2, 0.25) is 0 Å². The van der Waals surface area contributed by atoms with Crippen LogP contribution in [0.3, 0.4) is 0 Å². The minimum Gasteiger partial charge on any atom is -0.461 e. The standard InChI is InChI=1S/C10H14N6O2/c1-3-18-10(17)9-7(11)4-16(14-9)5-8-12-6-13-15(8)2/h4,6H,3,5,11H2,1-2H3. The van der Waals surface area contributed by atoms with Crippen LogP contribution in [0.2, 0.25) is 0 Å². The van der Waals surface area contributed by atoms with Crippen LogP contribution in [0.1, 0.15) is 23.2 Å². The van der Waals surface area contributed by atoms with Crippen LogP contribution < -0.4 is 5.73 Å². The number of hydrogen-bond acceptors (Lipinski definition) is 6. The number of carbonyl (C=O) groups excluding carboxylic acids is 1. The van der Waals surface area contributed by atoms with Crippen LogP contribution in [0.5, 0.6) is 0 Å². The zero-order valence-corrected chi connectivity index (χ0v) is 10.2. The highest BCUT2D eigenvalue weighted by atomic mass is 16.5. The molecule has 2 aromatic heterocycles. The minimum absolute atomic E-state index is 0.124. The molecule has 0 atom stereocenters. The first kappa shape index (κ1) is 12.1. The van der Waals surface area contributed by atoms with Crippen molar-refractivity contribution in [3.05, 3.63) is 24.0 Å². The Morgan fingerprint density at radius 3 is 2.94 bits per heavy atom. The number of anilines is 1. The summed E-state index contributed by atoms with van der Waals surface area (Å²) in [5, 5.41) is 8.03. The Morgan fingerprint density at radius 2 is 2.33 bits per heavy atom. The highest BCUT2D eigenvalue weighted by molar-refractivity contribution is 5.92. The number of aromatic nitrogens is 5. The van der Waals surface area contributed by atoms with Crippen molar-refractivity contribution in [1.29, 1.82) is 0 Å². The molecular formula is C10H14N6O2. The van der Waals surface area contributed by atoms with Crippen LogP contribution in [-0.4, -0.2) is 37.1 Å². The first-order chi connectivity index (χ1) is 8.61. The van der Waals surface area contributed by atoms with Gasteiger partial charge in [-0.15, -0.1) is 0 Å². The fraction of sp³-hybridized carbons (Fsp3) is 0.400. The van der Waals surface area contributed by atoms with Gasteiger partial charge in [-0.25, -0.2) is 9.78 Å². The summed E-state index contributed by atoms with van der Waals surface area (Å²) in [5.74, 6) is 0.194. The average molecular weight is 250 g/mol. The largest absolute Gasteiger partial charge is 0.461 e. The number of esters is 1. The lowest BCUT2D eigenvalue weighted by Crippen LogP contribution is -2.10. The molecule has 2 aromatic rings. The predicted octanol–water partition coefficient (Wildman–Crippen LogP) is -0.181. The number of nitrogens with two attached hydrogens (primary N) is 1. The van der Waals surface area contributed by atoms with Crippen molar-refractivity contribution >= 4 is 11.7 Å². The van der Waals surface area contributed by atoms with Gasteiger partial charge in [0.05, 0.1) is 12.3 Å². The zero-order valence-electron chi connectivity index (χ0n) is 10.2. The highest BCUT2D eigenvalue weighted by Crippen LogP contribution is 2.11. The van der Waals surface area contributed by atoms with E-state index in [-0.39, 0.29) is 18.0 Å². The average Bonchev–Trinajstić information content (AvgIpc) is 2.87. The van der Waals surface area contributed by atoms with Crippen LogP contribution >= 0.6 is 0 Å². The molecule has 0 aliphatic rings. The van der Waals surface area contributed by atoms with E-state index in [2.05, 4.69) is 15.2 Å². The van der Waals surface area contributed by atoms with Gasteiger partial charge in [-0.2, -0.15) is 10.2 Å². The van der Waals surface area contributed by atoms with E-state index in [0.717, 1.165) is 0 Å². The Bertz CT molecular complexity index is 558. The van der Waals surface area contributed by atoms with Gasteiger partial charge < -0.3 is 10.5 Å². The Balaban J connectivity index is 2.19. The molecule has 0 aromatic carbocycles. The van der Waals surface area contributed by atoms with E-state index in [4.69, 9.17) is 10.5 Å². The van der Waals surface area contributed by atoms with Crippen LogP contribution in [0.25, 0.3) is 0 Å². The molecule has 0 radical (unpaired) electrons. The first-order valence-electron chi connectivity index (χ1n) is 5.44. The zero-order chi connectivity index (χ0) is 13.1. The predicted molar refractivity (Wildman–Crippen MR) is 62.7 cm³/mol. The van der Waals surface area contributed by atoms with Crippen molar-refractivity contribution in [3.63, 3.8) is 0 Å². The molecule has 8 heteroatoms. The lowest BCUT2D eigenvalue weighted by Gasteiger charge is -2.00. The Morgan fingerprint density at radius 1 is 1.56 bits per heavy atom. The van der Waals surface area contributed by atoms with Gasteiger partial charge in [0.15, 0.2) is 5.69 Å². The van der Waals surface area contributed by atoms with Gasteiger partial charge in [-0.3, -0.25) is 9.36 Å². The molecule has 0 fully saturated rings. The second-order valence-corrected chi connectivity index (χ2v) is 3.65. The van der Waals surface area contributed by atoms with Crippen LogP contribution in [0, 0.1) is 0 Å². The molecule has 2 heterocycles. The first-order valence-corrected chi connectivity index (χ1v) is 5.44. The van der Waals surface area contributed by atoms with Crippen molar-refractivity contribution in [1.82, 2.24) is 24.5 Å². The van der Waals surface area contributed by atoms with Crippen LogP contribution in [0.15, 0.2) is 12.5 Å². The van der Waals surface area contributed by atoms with E-state index < -0.39 is 5.97 Å². The SMILES string of the molecule is CCOC(=O)c1nn(Cc2ncnn2C)cc1N. The van der Waals surface area contributed by atoms with E-state index in [9.17, 15) is 4.79 Å². The highest BCUT2D eigenvalue weighted by Gasteiger charge is 2.16. The van der Waals surface area contributed by atoms with Gasteiger partial charge in [0.1, 0.15) is 18.7 Å². The number of ether oxygens (including phenoxy) is 1. The molecule has 8 nitrogen and oxygen atoms in total. The second-order valence-electron chi connectivity index (χ2n) is 3.65. The molecule has 18 heavy (non-hydrogen) atoms. The molecule has 0 bridgehead atoms. The van der Waals surface area contributed by atoms with Gasteiger partial charge in [-0.05, 0) is 6.92 Å². The van der Waals surface area contributed by atoms with Gasteiger partial charge >= 0.3 is 5.97 Å². The molecule has 0 unspecified atom stereocenters. The molecule has 0 aliphatic heterocycles. The topological polar surface area (TPSA) is 101 Å². The maximum atomic E-state index is 11.5. The summed E-state index contributed by atoms with van der Waals surface area (Å²) in [6.45, 7) is 2.40. The van der Waals surface area contributed by atoms with Gasteiger partial charge in [0, 0.05) is 13.2 Å². The van der Waals surface area contributed by atoms with Crippen molar-refractivity contribution in [2.45, 2.75) is 13.5 Å². The molecule has 0 amide bonds. The Kier molecular flexibility index (Phi) is 3.26. The van der Waals surface area contributed by atoms with E-state index in [1.54, 1.807) is 24.9 Å². The summed E-state index contributed by atoms with van der Waals surface area (Å²) in [4.78, 5) is 15.6. The number of aryl methyl sites for hydroxylation is 1. The third-order valence-electron chi connectivity index (χ3n) is 2.37. The Labute approximate surface area is 103 Å². The van der Waals surface area contributed by atoms with E-state index in [1.165, 1.54) is 11.0 Å². The van der Waals surface area contributed by atoms with Crippen molar-refractivity contribution in [3.8, 4) is 0 Å². The molecule has 0 saturated carbocycles. The summed E-state index contributed by atoms with van der Waals surface area (Å²) in [6, 6.07) is 0. The van der Waals surface area contributed by atoms with Gasteiger partial charge in [0.25, 0.3) is 0 Å². The second kappa shape index (κ2) is 4.86. The van der Waals surface area contributed by atoms with Crippen molar-refractivity contribution in [2.24, 2.45) is 7.05 Å². The van der Waals surface area contributed by atoms with E-state index in [0.29, 0.717) is 12.4 Å². The molecular weight excluding hydrogens is 236 g/mol.